The number of ether oxygens (including phenoxy) is 1. The highest BCUT2D eigenvalue weighted by Crippen LogP contribution is 2.13. The van der Waals surface area contributed by atoms with Crippen LogP contribution in [0.1, 0.15) is 13.8 Å². The first-order chi connectivity index (χ1) is 6.22. The van der Waals surface area contributed by atoms with Gasteiger partial charge in [0, 0.05) is 0 Å². The molecule has 0 N–H and O–H groups in total. The summed E-state index contributed by atoms with van der Waals surface area (Å²) in [6, 6.07) is 6.01. The van der Waals surface area contributed by atoms with Crippen LogP contribution in [0, 0.1) is 5.82 Å². The van der Waals surface area contributed by atoms with E-state index in [0.717, 1.165) is 0 Å². The van der Waals surface area contributed by atoms with E-state index in [1.54, 1.807) is 12.1 Å². The fraction of sp³-hybridized carbons (Fsp3) is 0.273. The molecule has 1 unspecified atom stereocenters. The van der Waals surface area contributed by atoms with Crippen LogP contribution >= 0.6 is 0 Å². The second kappa shape index (κ2) is 4.65. The van der Waals surface area contributed by atoms with Gasteiger partial charge < -0.3 is 4.74 Å². The van der Waals surface area contributed by atoms with Crippen molar-refractivity contribution in [3.8, 4) is 5.75 Å². The molecule has 1 atom stereocenters. The van der Waals surface area contributed by atoms with Crippen LogP contribution in [0.4, 0.5) is 4.39 Å². The van der Waals surface area contributed by atoms with Crippen LogP contribution in [0.2, 0.25) is 0 Å². The van der Waals surface area contributed by atoms with E-state index in [4.69, 9.17) is 4.74 Å². The van der Waals surface area contributed by atoms with Gasteiger partial charge in [-0.3, -0.25) is 0 Å². The minimum Gasteiger partial charge on any atom is -0.487 e. The maximum atomic E-state index is 12.5. The standard InChI is InChI=1S/C11H13FO/c1-3-4-9(2)13-11-7-5-10(12)6-8-11/h3-9H,1-2H3. The Morgan fingerprint density at radius 1 is 1.31 bits per heavy atom. The molecule has 0 radical (unpaired) electrons. The van der Waals surface area contributed by atoms with Crippen LogP contribution in [0.15, 0.2) is 36.4 Å². The molecule has 0 aliphatic carbocycles. The number of benzene rings is 1. The van der Waals surface area contributed by atoms with E-state index in [1.807, 2.05) is 26.0 Å². The highest BCUT2D eigenvalue weighted by Gasteiger charge is 1.98. The quantitative estimate of drug-likeness (QED) is 0.649. The van der Waals surface area contributed by atoms with Gasteiger partial charge in [0.15, 0.2) is 0 Å². The molecule has 1 aromatic rings. The molecule has 0 fully saturated rings. The van der Waals surface area contributed by atoms with Crippen molar-refractivity contribution in [3.05, 3.63) is 42.2 Å². The zero-order valence-corrected chi connectivity index (χ0v) is 7.83. The van der Waals surface area contributed by atoms with E-state index in [0.29, 0.717) is 5.75 Å². The van der Waals surface area contributed by atoms with Crippen molar-refractivity contribution in [1.29, 1.82) is 0 Å². The van der Waals surface area contributed by atoms with Crippen molar-refractivity contribution < 1.29 is 9.13 Å². The summed E-state index contributed by atoms with van der Waals surface area (Å²) in [5, 5.41) is 0. The molecule has 0 saturated heterocycles. The van der Waals surface area contributed by atoms with E-state index in [2.05, 4.69) is 0 Å². The van der Waals surface area contributed by atoms with Gasteiger partial charge in [-0.1, -0.05) is 6.08 Å². The Balaban J connectivity index is 2.59. The summed E-state index contributed by atoms with van der Waals surface area (Å²) < 4.78 is 18.0. The van der Waals surface area contributed by atoms with E-state index in [9.17, 15) is 4.39 Å². The van der Waals surface area contributed by atoms with Crippen LogP contribution in [-0.4, -0.2) is 6.10 Å². The average molecular weight is 180 g/mol. The van der Waals surface area contributed by atoms with Crippen LogP contribution in [0.5, 0.6) is 5.75 Å². The van der Waals surface area contributed by atoms with Gasteiger partial charge in [0.2, 0.25) is 0 Å². The summed E-state index contributed by atoms with van der Waals surface area (Å²) >= 11 is 0. The number of rotatable bonds is 3. The maximum Gasteiger partial charge on any atom is 0.123 e. The van der Waals surface area contributed by atoms with Crippen molar-refractivity contribution in [1.82, 2.24) is 0 Å². The van der Waals surface area contributed by atoms with Crippen molar-refractivity contribution in [2.75, 3.05) is 0 Å². The number of hydrogen-bond donors (Lipinski definition) is 0. The SMILES string of the molecule is CC=CC(C)Oc1ccc(F)cc1. The lowest BCUT2D eigenvalue weighted by Gasteiger charge is -2.09. The zero-order chi connectivity index (χ0) is 9.68. The van der Waals surface area contributed by atoms with E-state index < -0.39 is 0 Å². The third kappa shape index (κ3) is 3.28. The fourth-order valence-corrected chi connectivity index (χ4v) is 1.04. The predicted molar refractivity (Wildman–Crippen MR) is 51.3 cm³/mol. The van der Waals surface area contributed by atoms with Gasteiger partial charge in [-0.25, -0.2) is 4.39 Å². The lowest BCUT2D eigenvalue weighted by atomic mass is 10.3. The Bertz CT molecular complexity index is 277. The Labute approximate surface area is 77.8 Å². The number of allylic oxidation sites excluding steroid dienone is 1. The summed E-state index contributed by atoms with van der Waals surface area (Å²) in [7, 11) is 0. The van der Waals surface area contributed by atoms with Gasteiger partial charge >= 0.3 is 0 Å². The van der Waals surface area contributed by atoms with E-state index in [-0.39, 0.29) is 11.9 Å². The molecule has 1 nitrogen and oxygen atoms in total. The lowest BCUT2D eigenvalue weighted by molar-refractivity contribution is 0.269. The molecule has 0 saturated carbocycles. The molecular weight excluding hydrogens is 167 g/mol. The molecular formula is C11H13FO. The van der Waals surface area contributed by atoms with Crippen LogP contribution in [-0.2, 0) is 0 Å². The first-order valence-electron chi connectivity index (χ1n) is 4.27. The smallest absolute Gasteiger partial charge is 0.123 e. The first kappa shape index (κ1) is 9.78. The monoisotopic (exact) mass is 180 g/mol. The molecule has 0 aliphatic heterocycles. The van der Waals surface area contributed by atoms with Crippen molar-refractivity contribution in [3.63, 3.8) is 0 Å². The highest BCUT2D eigenvalue weighted by molar-refractivity contribution is 5.22. The summed E-state index contributed by atoms with van der Waals surface area (Å²) in [6.07, 6.45) is 3.88. The van der Waals surface area contributed by atoms with Gasteiger partial charge in [0.1, 0.15) is 17.7 Å². The molecule has 0 amide bonds. The average Bonchev–Trinajstić information content (AvgIpc) is 2.09. The molecule has 70 valence electrons. The molecule has 0 aromatic heterocycles. The molecule has 0 bridgehead atoms. The number of halogens is 1. The second-order valence-corrected chi connectivity index (χ2v) is 2.80. The molecule has 1 rings (SSSR count). The first-order valence-corrected chi connectivity index (χ1v) is 4.27. The van der Waals surface area contributed by atoms with Crippen molar-refractivity contribution >= 4 is 0 Å². The van der Waals surface area contributed by atoms with Gasteiger partial charge in [0.25, 0.3) is 0 Å². The topological polar surface area (TPSA) is 9.23 Å². The Kier molecular flexibility index (Phi) is 3.50. The number of hydrogen-bond acceptors (Lipinski definition) is 1. The summed E-state index contributed by atoms with van der Waals surface area (Å²) in [6.45, 7) is 3.87. The molecule has 0 heterocycles. The lowest BCUT2D eigenvalue weighted by Crippen LogP contribution is -2.07. The second-order valence-electron chi connectivity index (χ2n) is 2.80. The molecule has 1 aromatic carbocycles. The van der Waals surface area contributed by atoms with Crippen LogP contribution in [0.25, 0.3) is 0 Å². The van der Waals surface area contributed by atoms with Crippen molar-refractivity contribution in [2.45, 2.75) is 20.0 Å². The molecule has 13 heavy (non-hydrogen) atoms. The summed E-state index contributed by atoms with van der Waals surface area (Å²) in [5.41, 5.74) is 0. The van der Waals surface area contributed by atoms with Gasteiger partial charge in [-0.2, -0.15) is 0 Å². The predicted octanol–water partition coefficient (Wildman–Crippen LogP) is 3.17. The van der Waals surface area contributed by atoms with Gasteiger partial charge in [0.05, 0.1) is 0 Å². The largest absolute Gasteiger partial charge is 0.487 e. The third-order valence-corrected chi connectivity index (χ3v) is 1.60. The van der Waals surface area contributed by atoms with Crippen LogP contribution < -0.4 is 4.74 Å². The minimum absolute atomic E-state index is 0.0236. The molecule has 2 heteroatoms. The van der Waals surface area contributed by atoms with Gasteiger partial charge in [-0.15, -0.1) is 0 Å². The fourth-order valence-electron chi connectivity index (χ4n) is 1.04. The van der Waals surface area contributed by atoms with Crippen LogP contribution in [0.3, 0.4) is 0 Å². The van der Waals surface area contributed by atoms with E-state index in [1.165, 1.54) is 12.1 Å². The third-order valence-electron chi connectivity index (χ3n) is 1.60. The summed E-state index contributed by atoms with van der Waals surface area (Å²) in [4.78, 5) is 0. The molecule has 0 spiro atoms. The minimum atomic E-state index is -0.244. The normalized spacial score (nSPS) is 13.2. The zero-order valence-electron chi connectivity index (χ0n) is 7.83. The van der Waals surface area contributed by atoms with Crippen molar-refractivity contribution in [2.24, 2.45) is 0 Å². The Hall–Kier alpha value is -1.31. The van der Waals surface area contributed by atoms with E-state index >= 15 is 0 Å². The molecule has 0 aliphatic rings. The highest BCUT2D eigenvalue weighted by atomic mass is 19.1. The van der Waals surface area contributed by atoms with Gasteiger partial charge in [-0.05, 0) is 44.2 Å². The summed E-state index contributed by atoms with van der Waals surface area (Å²) in [5.74, 6) is 0.443. The Morgan fingerprint density at radius 3 is 2.46 bits per heavy atom. The Morgan fingerprint density at radius 2 is 1.92 bits per heavy atom. The maximum absolute atomic E-state index is 12.5.